The zero-order valence-corrected chi connectivity index (χ0v) is 34.4. The first-order valence-electron chi connectivity index (χ1n) is 21.7. The average molecular weight is 802 g/mol. The zero-order chi connectivity index (χ0) is 41.4. The maximum absolute atomic E-state index is 2.47. The van der Waals surface area contributed by atoms with Gasteiger partial charge in [-0.1, -0.05) is 158 Å². The molecule has 3 nitrogen and oxygen atoms in total. The predicted octanol–water partition coefficient (Wildman–Crippen LogP) is 16.0. The fourth-order valence-electron chi connectivity index (χ4n) is 10.3. The van der Waals surface area contributed by atoms with Crippen LogP contribution in [0.2, 0.25) is 0 Å². The Hall–Kier alpha value is -8.40. The van der Waals surface area contributed by atoms with E-state index in [1.54, 1.807) is 0 Å². The van der Waals surface area contributed by atoms with Gasteiger partial charge in [-0.3, -0.25) is 0 Å². The van der Waals surface area contributed by atoms with Gasteiger partial charge in [0.25, 0.3) is 0 Å². The highest BCUT2D eigenvalue weighted by molar-refractivity contribution is 6.22. The van der Waals surface area contributed by atoms with E-state index in [2.05, 4.69) is 250 Å². The molecule has 294 valence electrons. The molecule has 3 aromatic heterocycles. The van der Waals surface area contributed by atoms with Crippen molar-refractivity contribution >= 4 is 65.4 Å². The van der Waals surface area contributed by atoms with Crippen molar-refractivity contribution < 1.29 is 0 Å². The molecule has 63 heavy (non-hydrogen) atoms. The Morgan fingerprint density at radius 1 is 0.206 bits per heavy atom. The number of hydrogen-bond donors (Lipinski definition) is 0. The van der Waals surface area contributed by atoms with Crippen LogP contribution in [0.25, 0.3) is 116 Å². The number of aromatic nitrogens is 3. The summed E-state index contributed by atoms with van der Waals surface area (Å²) < 4.78 is 7.30. The molecule has 13 aromatic rings. The van der Waals surface area contributed by atoms with Gasteiger partial charge in [0.15, 0.2) is 0 Å². The van der Waals surface area contributed by atoms with Crippen molar-refractivity contribution in [3.8, 4) is 50.4 Å². The summed E-state index contributed by atoms with van der Waals surface area (Å²) in [5, 5.41) is 7.44. The molecule has 0 N–H and O–H groups in total. The third-order valence-electron chi connectivity index (χ3n) is 13.0. The van der Waals surface area contributed by atoms with Crippen molar-refractivity contribution in [3.05, 3.63) is 237 Å². The van der Waals surface area contributed by atoms with E-state index >= 15 is 0 Å². The Balaban J connectivity index is 1.03. The molecular weight excluding hydrogens is 763 g/mol. The van der Waals surface area contributed by atoms with Crippen LogP contribution < -0.4 is 0 Å². The molecule has 0 bridgehead atoms. The standard InChI is InChI=1S/C60H39N3/c1-4-16-40(17-5-1)42-30-33-45(34-31-42)62-53-26-12-10-22-49(53)59-47(24-14-28-57(59)62)48-25-15-29-58-60(48)50-23-11-13-27-54(50)63(58)46-35-37-56-52(39-46)51-38-43(41-18-6-2-7-19-41)32-36-55(51)61(56)44-20-8-3-9-21-44/h1-39H. The molecule has 0 unspecified atom stereocenters. The third-order valence-corrected chi connectivity index (χ3v) is 13.0. The minimum absolute atomic E-state index is 1.14. The molecule has 10 aromatic carbocycles. The second-order valence-electron chi connectivity index (χ2n) is 16.5. The number of para-hydroxylation sites is 3. The summed E-state index contributed by atoms with van der Waals surface area (Å²) in [6, 6.07) is 86.4. The third kappa shape index (κ3) is 5.46. The molecule has 0 saturated carbocycles. The quantitative estimate of drug-likeness (QED) is 0.159. The van der Waals surface area contributed by atoms with Crippen LogP contribution in [0.15, 0.2) is 237 Å². The molecule has 0 amide bonds. The lowest BCUT2D eigenvalue weighted by atomic mass is 9.95. The Morgan fingerprint density at radius 2 is 0.587 bits per heavy atom. The Kier molecular flexibility index (Phi) is 7.91. The van der Waals surface area contributed by atoms with Gasteiger partial charge in [-0.05, 0) is 112 Å². The van der Waals surface area contributed by atoms with Gasteiger partial charge in [0.05, 0.1) is 33.1 Å². The molecule has 13 rings (SSSR count). The van der Waals surface area contributed by atoms with Gasteiger partial charge < -0.3 is 13.7 Å². The van der Waals surface area contributed by atoms with Crippen LogP contribution in [0.4, 0.5) is 0 Å². The summed E-state index contributed by atoms with van der Waals surface area (Å²) in [7, 11) is 0. The first-order valence-corrected chi connectivity index (χ1v) is 21.7. The maximum atomic E-state index is 2.47. The number of hydrogen-bond acceptors (Lipinski definition) is 0. The van der Waals surface area contributed by atoms with Crippen molar-refractivity contribution in [2.45, 2.75) is 0 Å². The first-order chi connectivity index (χ1) is 31.3. The normalized spacial score (nSPS) is 11.8. The molecule has 3 heteroatoms. The fourth-order valence-corrected chi connectivity index (χ4v) is 10.3. The van der Waals surface area contributed by atoms with Gasteiger partial charge in [-0.25, -0.2) is 0 Å². The van der Waals surface area contributed by atoms with Gasteiger partial charge in [0.2, 0.25) is 0 Å². The van der Waals surface area contributed by atoms with Gasteiger partial charge in [0.1, 0.15) is 0 Å². The average Bonchev–Trinajstić information content (AvgIpc) is 4.00. The lowest BCUT2D eigenvalue weighted by Gasteiger charge is -2.12. The summed E-state index contributed by atoms with van der Waals surface area (Å²) in [5.41, 5.74) is 17.9. The second-order valence-corrected chi connectivity index (χ2v) is 16.5. The number of rotatable bonds is 6. The van der Waals surface area contributed by atoms with E-state index < -0.39 is 0 Å². The molecule has 0 fully saturated rings. The van der Waals surface area contributed by atoms with Crippen LogP contribution in [-0.2, 0) is 0 Å². The van der Waals surface area contributed by atoms with Crippen LogP contribution >= 0.6 is 0 Å². The van der Waals surface area contributed by atoms with Gasteiger partial charge in [-0.15, -0.1) is 0 Å². The van der Waals surface area contributed by atoms with Crippen LogP contribution in [0.5, 0.6) is 0 Å². The molecule has 0 aliphatic rings. The largest absolute Gasteiger partial charge is 0.309 e. The van der Waals surface area contributed by atoms with Crippen molar-refractivity contribution in [1.82, 2.24) is 13.7 Å². The van der Waals surface area contributed by atoms with E-state index in [-0.39, 0.29) is 0 Å². The second kappa shape index (κ2) is 14.1. The number of benzene rings is 10. The lowest BCUT2D eigenvalue weighted by Crippen LogP contribution is -1.95. The highest BCUT2D eigenvalue weighted by Gasteiger charge is 2.22. The topological polar surface area (TPSA) is 14.8 Å². The van der Waals surface area contributed by atoms with E-state index in [4.69, 9.17) is 0 Å². The van der Waals surface area contributed by atoms with Crippen LogP contribution in [-0.4, -0.2) is 13.7 Å². The summed E-state index contributed by atoms with van der Waals surface area (Å²) >= 11 is 0. The number of fused-ring (bicyclic) bond motifs is 9. The van der Waals surface area contributed by atoms with E-state index in [0.29, 0.717) is 0 Å². The molecular formula is C60H39N3. The molecule has 0 aliphatic heterocycles. The van der Waals surface area contributed by atoms with E-state index in [1.165, 1.54) is 98.8 Å². The predicted molar refractivity (Wildman–Crippen MR) is 266 cm³/mol. The molecule has 3 heterocycles. The summed E-state index contributed by atoms with van der Waals surface area (Å²) in [6.45, 7) is 0. The Morgan fingerprint density at radius 3 is 1.19 bits per heavy atom. The minimum Gasteiger partial charge on any atom is -0.309 e. The molecule has 0 spiro atoms. The van der Waals surface area contributed by atoms with Gasteiger partial charge in [-0.2, -0.15) is 0 Å². The van der Waals surface area contributed by atoms with E-state index in [9.17, 15) is 0 Å². The Bertz CT molecular complexity index is 3870. The Labute approximate surface area is 364 Å². The van der Waals surface area contributed by atoms with E-state index in [1.807, 2.05) is 0 Å². The highest BCUT2D eigenvalue weighted by Crippen LogP contribution is 2.45. The van der Waals surface area contributed by atoms with E-state index in [0.717, 1.165) is 17.1 Å². The molecule has 0 aliphatic carbocycles. The summed E-state index contributed by atoms with van der Waals surface area (Å²) in [4.78, 5) is 0. The lowest BCUT2D eigenvalue weighted by molar-refractivity contribution is 1.17. The monoisotopic (exact) mass is 801 g/mol. The molecule has 0 radical (unpaired) electrons. The van der Waals surface area contributed by atoms with Crippen molar-refractivity contribution in [2.75, 3.05) is 0 Å². The van der Waals surface area contributed by atoms with Gasteiger partial charge in [0, 0.05) is 49.4 Å². The van der Waals surface area contributed by atoms with Crippen LogP contribution in [0.1, 0.15) is 0 Å². The SMILES string of the molecule is c1ccc(-c2ccc(-n3c4ccccc4c4c(-c5cccc6c5c5ccccc5n6-c5ccc6c(c5)c5cc(-c7ccccc7)ccc5n6-c5ccccc5)cccc43)cc2)cc1. The number of nitrogens with zero attached hydrogens (tertiary/aromatic N) is 3. The van der Waals surface area contributed by atoms with Crippen molar-refractivity contribution in [3.63, 3.8) is 0 Å². The first kappa shape index (κ1) is 35.4. The zero-order valence-electron chi connectivity index (χ0n) is 34.4. The van der Waals surface area contributed by atoms with Gasteiger partial charge >= 0.3 is 0 Å². The molecule has 0 atom stereocenters. The van der Waals surface area contributed by atoms with Crippen LogP contribution in [0.3, 0.4) is 0 Å². The van der Waals surface area contributed by atoms with Crippen LogP contribution in [0, 0.1) is 0 Å². The van der Waals surface area contributed by atoms with Crippen molar-refractivity contribution in [1.29, 1.82) is 0 Å². The minimum atomic E-state index is 1.14. The summed E-state index contributed by atoms with van der Waals surface area (Å²) in [5.74, 6) is 0. The fraction of sp³-hybridized carbons (Fsp3) is 0. The van der Waals surface area contributed by atoms with Crippen molar-refractivity contribution in [2.24, 2.45) is 0 Å². The molecule has 0 saturated heterocycles. The maximum Gasteiger partial charge on any atom is 0.0547 e. The smallest absolute Gasteiger partial charge is 0.0547 e. The summed E-state index contributed by atoms with van der Waals surface area (Å²) in [6.07, 6.45) is 0. The highest BCUT2D eigenvalue weighted by atomic mass is 15.0.